The van der Waals surface area contributed by atoms with Gasteiger partial charge < -0.3 is 9.88 Å². The lowest BCUT2D eigenvalue weighted by Crippen LogP contribution is -2.25. The number of imidazole rings is 1. The predicted molar refractivity (Wildman–Crippen MR) is 141 cm³/mol. The molecule has 0 bridgehead atoms. The van der Waals surface area contributed by atoms with E-state index in [-0.39, 0.29) is 11.3 Å². The molecule has 0 fully saturated rings. The summed E-state index contributed by atoms with van der Waals surface area (Å²) in [6.07, 6.45) is 20.2. The Morgan fingerprint density at radius 2 is 1.94 bits per heavy atom. The second-order valence-electron chi connectivity index (χ2n) is 9.74. The summed E-state index contributed by atoms with van der Waals surface area (Å²) in [5.74, 6) is -0.0824. The quantitative estimate of drug-likeness (QED) is 0.348. The SMILES string of the molecule is CC1=C(/C=C/C(C)=C/C=C/C(C)=C\C(=O)NCc2ccccc2)C(C)(C)CCC1n1ccnc1. The number of rotatable bonds is 8. The van der Waals surface area contributed by atoms with E-state index in [0.29, 0.717) is 12.6 Å². The van der Waals surface area contributed by atoms with Gasteiger partial charge >= 0.3 is 0 Å². The lowest BCUT2D eigenvalue weighted by molar-refractivity contribution is -0.116. The number of nitrogens with one attached hydrogen (secondary N) is 1. The minimum Gasteiger partial charge on any atom is -0.348 e. The number of benzene rings is 1. The number of carbonyl (C=O) groups excluding carboxylic acids is 1. The lowest BCUT2D eigenvalue weighted by Gasteiger charge is -2.37. The van der Waals surface area contributed by atoms with Crippen LogP contribution < -0.4 is 5.32 Å². The normalized spacial score (nSPS) is 19.3. The van der Waals surface area contributed by atoms with Gasteiger partial charge in [-0.15, -0.1) is 0 Å². The van der Waals surface area contributed by atoms with Crippen molar-refractivity contribution in [3.8, 4) is 0 Å². The molecule has 4 nitrogen and oxygen atoms in total. The lowest BCUT2D eigenvalue weighted by atomic mass is 9.71. The standard InChI is InChI=1S/C30H37N3O/c1-23(10-9-11-24(2)20-29(34)32-21-26-12-7-6-8-13-26)14-15-27-25(3)28(16-17-30(27,4)5)33-19-18-31-22-33/h6-15,18-20,22,28H,16-17,21H2,1-5H3,(H,32,34)/b11-9+,15-14+,23-10+,24-20-. The number of hydrogen-bond donors (Lipinski definition) is 1. The molecule has 34 heavy (non-hydrogen) atoms. The molecule has 4 heteroatoms. The number of carbonyl (C=O) groups is 1. The van der Waals surface area contributed by atoms with Gasteiger partial charge in [0.05, 0.1) is 12.4 Å². The third kappa shape index (κ3) is 7.05. The Labute approximate surface area is 204 Å². The molecule has 3 rings (SSSR count). The van der Waals surface area contributed by atoms with Crippen LogP contribution in [0.5, 0.6) is 0 Å². The Morgan fingerprint density at radius 1 is 1.18 bits per heavy atom. The van der Waals surface area contributed by atoms with Crippen molar-refractivity contribution in [1.29, 1.82) is 0 Å². The van der Waals surface area contributed by atoms with Crippen molar-refractivity contribution < 1.29 is 4.79 Å². The van der Waals surface area contributed by atoms with E-state index in [1.54, 1.807) is 6.08 Å². The summed E-state index contributed by atoms with van der Waals surface area (Å²) in [5, 5.41) is 2.92. The first-order chi connectivity index (χ1) is 16.3. The minimum absolute atomic E-state index is 0.0824. The van der Waals surface area contributed by atoms with Gasteiger partial charge in [0, 0.05) is 25.0 Å². The van der Waals surface area contributed by atoms with E-state index in [4.69, 9.17) is 0 Å². The van der Waals surface area contributed by atoms with E-state index < -0.39 is 0 Å². The smallest absolute Gasteiger partial charge is 0.244 e. The van der Waals surface area contributed by atoms with E-state index in [0.717, 1.165) is 24.0 Å². The van der Waals surface area contributed by atoms with E-state index in [9.17, 15) is 4.79 Å². The molecule has 0 aliphatic heterocycles. The second kappa shape index (κ2) is 11.6. The van der Waals surface area contributed by atoms with Crippen LogP contribution in [0.1, 0.15) is 59.1 Å². The molecule has 178 valence electrons. The summed E-state index contributed by atoms with van der Waals surface area (Å²) in [4.78, 5) is 16.4. The zero-order valence-corrected chi connectivity index (χ0v) is 21.1. The average molecular weight is 456 g/mol. The van der Waals surface area contributed by atoms with Gasteiger partial charge in [-0.2, -0.15) is 0 Å². The summed E-state index contributed by atoms with van der Waals surface area (Å²) in [6, 6.07) is 10.3. The Bertz CT molecular complexity index is 1110. The Kier molecular flexibility index (Phi) is 8.64. The first-order valence-electron chi connectivity index (χ1n) is 12.0. The second-order valence-corrected chi connectivity index (χ2v) is 9.74. The van der Waals surface area contributed by atoms with Gasteiger partial charge in [0.15, 0.2) is 0 Å². The third-order valence-electron chi connectivity index (χ3n) is 6.48. The van der Waals surface area contributed by atoms with Gasteiger partial charge in [-0.1, -0.05) is 80.1 Å². The van der Waals surface area contributed by atoms with E-state index in [1.165, 1.54) is 16.7 Å². The summed E-state index contributed by atoms with van der Waals surface area (Å²) >= 11 is 0. The zero-order chi connectivity index (χ0) is 24.6. The predicted octanol–water partition coefficient (Wildman–Crippen LogP) is 6.88. The van der Waals surface area contributed by atoms with Gasteiger partial charge in [0.2, 0.25) is 5.91 Å². The fourth-order valence-electron chi connectivity index (χ4n) is 4.46. The topological polar surface area (TPSA) is 46.9 Å². The maximum absolute atomic E-state index is 12.1. The van der Waals surface area contributed by atoms with Crippen LogP contribution in [-0.4, -0.2) is 15.5 Å². The highest BCUT2D eigenvalue weighted by atomic mass is 16.1. The van der Waals surface area contributed by atoms with Gasteiger partial charge in [-0.3, -0.25) is 4.79 Å². The van der Waals surface area contributed by atoms with Gasteiger partial charge in [0.1, 0.15) is 0 Å². The number of nitrogens with zero attached hydrogens (tertiary/aromatic N) is 2. The molecule has 1 atom stereocenters. The molecule has 1 N–H and O–H groups in total. The molecule has 1 aliphatic carbocycles. The van der Waals surface area contributed by atoms with Crippen molar-refractivity contribution in [1.82, 2.24) is 14.9 Å². The molecule has 0 saturated heterocycles. The van der Waals surface area contributed by atoms with Gasteiger partial charge in [-0.05, 0) is 61.3 Å². The summed E-state index contributed by atoms with van der Waals surface area (Å²) < 4.78 is 2.22. The summed E-state index contributed by atoms with van der Waals surface area (Å²) in [5.41, 5.74) is 6.13. The highest BCUT2D eigenvalue weighted by Crippen LogP contribution is 2.45. The van der Waals surface area contributed by atoms with Crippen LogP contribution in [0.4, 0.5) is 0 Å². The Hall–Kier alpha value is -3.40. The number of hydrogen-bond acceptors (Lipinski definition) is 2. The van der Waals surface area contributed by atoms with Crippen LogP contribution in [0, 0.1) is 5.41 Å². The maximum atomic E-state index is 12.1. The van der Waals surface area contributed by atoms with Crippen molar-refractivity contribution in [3.05, 3.63) is 113 Å². The third-order valence-corrected chi connectivity index (χ3v) is 6.48. The molecular weight excluding hydrogens is 418 g/mol. The molecule has 1 aromatic heterocycles. The Morgan fingerprint density at radius 3 is 2.65 bits per heavy atom. The molecule has 0 saturated carbocycles. The number of allylic oxidation sites excluding steroid dienone is 9. The zero-order valence-electron chi connectivity index (χ0n) is 21.1. The van der Waals surface area contributed by atoms with E-state index >= 15 is 0 Å². The van der Waals surface area contributed by atoms with Gasteiger partial charge in [0.25, 0.3) is 0 Å². The first kappa shape index (κ1) is 25.2. The van der Waals surface area contributed by atoms with Crippen molar-refractivity contribution in [2.24, 2.45) is 5.41 Å². The van der Waals surface area contributed by atoms with Crippen LogP contribution in [0.15, 0.2) is 108 Å². The maximum Gasteiger partial charge on any atom is 0.244 e. The first-order valence-corrected chi connectivity index (χ1v) is 12.0. The largest absolute Gasteiger partial charge is 0.348 e. The molecular formula is C30H37N3O. The fourth-order valence-corrected chi connectivity index (χ4v) is 4.46. The van der Waals surface area contributed by atoms with Crippen LogP contribution >= 0.6 is 0 Å². The highest BCUT2D eigenvalue weighted by Gasteiger charge is 2.32. The van der Waals surface area contributed by atoms with Crippen molar-refractivity contribution in [2.75, 3.05) is 0 Å². The summed E-state index contributed by atoms with van der Waals surface area (Å²) in [6.45, 7) is 11.5. The van der Waals surface area contributed by atoms with Crippen LogP contribution in [0.3, 0.4) is 0 Å². The van der Waals surface area contributed by atoms with Crippen LogP contribution in [-0.2, 0) is 11.3 Å². The minimum atomic E-state index is -0.0824. The molecule has 1 aromatic carbocycles. The van der Waals surface area contributed by atoms with Crippen LogP contribution in [0.2, 0.25) is 0 Å². The monoisotopic (exact) mass is 455 g/mol. The van der Waals surface area contributed by atoms with Crippen LogP contribution in [0.25, 0.3) is 0 Å². The fraction of sp³-hybridized carbons (Fsp3) is 0.333. The average Bonchev–Trinajstić information content (AvgIpc) is 3.32. The number of amides is 1. The number of aromatic nitrogens is 2. The van der Waals surface area contributed by atoms with E-state index in [1.807, 2.05) is 61.9 Å². The molecule has 1 amide bonds. The molecule has 0 radical (unpaired) electrons. The van der Waals surface area contributed by atoms with Crippen molar-refractivity contribution in [2.45, 2.75) is 60.0 Å². The summed E-state index contributed by atoms with van der Waals surface area (Å²) in [7, 11) is 0. The van der Waals surface area contributed by atoms with Gasteiger partial charge in [-0.25, -0.2) is 4.98 Å². The van der Waals surface area contributed by atoms with Crippen molar-refractivity contribution in [3.63, 3.8) is 0 Å². The molecule has 1 heterocycles. The van der Waals surface area contributed by atoms with Crippen molar-refractivity contribution >= 4 is 5.91 Å². The molecule has 2 aromatic rings. The Balaban J connectivity index is 1.61. The molecule has 1 unspecified atom stereocenters. The van der Waals surface area contributed by atoms with E-state index in [2.05, 4.69) is 67.0 Å². The molecule has 1 aliphatic rings. The molecule has 0 spiro atoms. The highest BCUT2D eigenvalue weighted by molar-refractivity contribution is 5.88.